The first-order chi connectivity index (χ1) is 9.49. The van der Waals surface area contributed by atoms with E-state index in [4.69, 9.17) is 0 Å². The van der Waals surface area contributed by atoms with Gasteiger partial charge in [0.1, 0.15) is 0 Å². The van der Waals surface area contributed by atoms with Crippen molar-refractivity contribution in [2.24, 2.45) is 0 Å². The zero-order valence-corrected chi connectivity index (χ0v) is 11.1. The third kappa shape index (κ3) is 2.82. The third-order valence-corrected chi connectivity index (χ3v) is 3.03. The van der Waals surface area contributed by atoms with Gasteiger partial charge in [0.05, 0.1) is 11.1 Å². The fraction of sp³-hybridized carbons (Fsp3) is 0.231. The number of nitrogens with zero attached hydrogens (tertiary/aromatic N) is 2. The van der Waals surface area contributed by atoms with Crippen molar-refractivity contribution in [1.82, 2.24) is 15.5 Å². The normalized spacial score (nSPS) is 10.3. The monoisotopic (exact) mass is 274 g/mol. The summed E-state index contributed by atoms with van der Waals surface area (Å²) in [6.45, 7) is 3.83. The molecule has 2 rings (SSSR count). The largest absolute Gasteiger partial charge is 0.348 e. The van der Waals surface area contributed by atoms with Gasteiger partial charge >= 0.3 is 0 Å². The van der Waals surface area contributed by atoms with Crippen molar-refractivity contribution in [3.05, 3.63) is 56.9 Å². The molecule has 0 spiro atoms. The van der Waals surface area contributed by atoms with Crippen LogP contribution in [0.15, 0.2) is 24.4 Å². The number of aromatic nitrogens is 2. The van der Waals surface area contributed by atoms with E-state index in [1.54, 1.807) is 13.1 Å². The minimum Gasteiger partial charge on any atom is -0.348 e. The predicted octanol–water partition coefficient (Wildman–Crippen LogP) is 1.86. The molecule has 1 heterocycles. The van der Waals surface area contributed by atoms with Crippen LogP contribution in [-0.4, -0.2) is 21.0 Å². The summed E-state index contributed by atoms with van der Waals surface area (Å²) in [5.74, 6) is -0.274. The molecule has 1 aromatic heterocycles. The van der Waals surface area contributed by atoms with Crippen molar-refractivity contribution in [3.8, 4) is 0 Å². The Morgan fingerprint density at radius 1 is 1.45 bits per heavy atom. The summed E-state index contributed by atoms with van der Waals surface area (Å²) >= 11 is 0. The first-order valence-electron chi connectivity index (χ1n) is 6.01. The maximum atomic E-state index is 12.0. The molecule has 0 fully saturated rings. The minimum absolute atomic E-state index is 0.00669. The zero-order chi connectivity index (χ0) is 14.7. The van der Waals surface area contributed by atoms with E-state index in [2.05, 4.69) is 15.5 Å². The Morgan fingerprint density at radius 2 is 2.20 bits per heavy atom. The van der Waals surface area contributed by atoms with Gasteiger partial charge in [0.2, 0.25) is 0 Å². The van der Waals surface area contributed by atoms with Gasteiger partial charge in [0.15, 0.2) is 0 Å². The molecular formula is C13H14N4O3. The number of rotatable bonds is 4. The predicted molar refractivity (Wildman–Crippen MR) is 72.3 cm³/mol. The van der Waals surface area contributed by atoms with Crippen LogP contribution in [0.3, 0.4) is 0 Å². The van der Waals surface area contributed by atoms with Gasteiger partial charge in [-0.25, -0.2) is 0 Å². The second kappa shape index (κ2) is 5.52. The number of hydrogen-bond acceptors (Lipinski definition) is 4. The lowest BCUT2D eigenvalue weighted by Gasteiger charge is -2.05. The molecule has 0 atom stereocenters. The molecule has 104 valence electrons. The van der Waals surface area contributed by atoms with Gasteiger partial charge in [0.25, 0.3) is 11.6 Å². The van der Waals surface area contributed by atoms with E-state index >= 15 is 0 Å². The van der Waals surface area contributed by atoms with Crippen LogP contribution in [-0.2, 0) is 6.54 Å². The Labute approximate surface area is 115 Å². The Hall–Kier alpha value is -2.70. The number of amides is 1. The van der Waals surface area contributed by atoms with E-state index in [1.165, 1.54) is 18.2 Å². The summed E-state index contributed by atoms with van der Waals surface area (Å²) in [6.07, 6.45) is 1.65. The van der Waals surface area contributed by atoms with Crippen LogP contribution in [0.2, 0.25) is 0 Å². The average molecular weight is 274 g/mol. The molecular weight excluding hydrogens is 260 g/mol. The lowest BCUT2D eigenvalue weighted by molar-refractivity contribution is -0.385. The van der Waals surface area contributed by atoms with Gasteiger partial charge < -0.3 is 5.32 Å². The van der Waals surface area contributed by atoms with Crippen LogP contribution < -0.4 is 5.32 Å². The van der Waals surface area contributed by atoms with Crippen molar-refractivity contribution in [3.63, 3.8) is 0 Å². The number of H-pyrrole nitrogens is 1. The SMILES string of the molecule is Cc1cc(C(=O)NCc2cn[nH]c2C)ccc1[N+](=O)[O-]. The van der Waals surface area contributed by atoms with Crippen LogP contribution in [0, 0.1) is 24.0 Å². The van der Waals surface area contributed by atoms with E-state index in [1.807, 2.05) is 6.92 Å². The number of carbonyl (C=O) groups is 1. The minimum atomic E-state index is -0.466. The number of aryl methyl sites for hydroxylation is 2. The van der Waals surface area contributed by atoms with E-state index in [0.717, 1.165) is 11.3 Å². The number of hydrogen-bond donors (Lipinski definition) is 2. The highest BCUT2D eigenvalue weighted by Crippen LogP contribution is 2.18. The molecule has 1 amide bonds. The summed E-state index contributed by atoms with van der Waals surface area (Å²) in [5.41, 5.74) is 2.66. The van der Waals surface area contributed by atoms with Crippen molar-refractivity contribution >= 4 is 11.6 Å². The maximum Gasteiger partial charge on any atom is 0.272 e. The molecule has 0 radical (unpaired) electrons. The Kier molecular flexibility index (Phi) is 3.79. The van der Waals surface area contributed by atoms with Crippen molar-refractivity contribution in [1.29, 1.82) is 0 Å². The standard InChI is InChI=1S/C13H14N4O3/c1-8-5-10(3-4-12(8)17(19)20)13(18)14-6-11-7-15-16-9(11)2/h3-5,7H,6H2,1-2H3,(H,14,18)(H,15,16). The fourth-order valence-corrected chi connectivity index (χ4v) is 1.83. The van der Waals surface area contributed by atoms with E-state index in [0.29, 0.717) is 17.7 Å². The average Bonchev–Trinajstić information content (AvgIpc) is 2.81. The second-order valence-electron chi connectivity index (χ2n) is 4.46. The highest BCUT2D eigenvalue weighted by molar-refractivity contribution is 5.94. The summed E-state index contributed by atoms with van der Waals surface area (Å²) in [7, 11) is 0. The highest BCUT2D eigenvalue weighted by atomic mass is 16.6. The third-order valence-electron chi connectivity index (χ3n) is 3.03. The molecule has 0 saturated heterocycles. The Balaban J connectivity index is 2.08. The van der Waals surface area contributed by atoms with E-state index in [9.17, 15) is 14.9 Å². The van der Waals surface area contributed by atoms with E-state index < -0.39 is 4.92 Å². The van der Waals surface area contributed by atoms with Gasteiger partial charge in [-0.2, -0.15) is 5.10 Å². The first kappa shape index (κ1) is 13.7. The molecule has 0 aliphatic heterocycles. The number of nitrogens with one attached hydrogen (secondary N) is 2. The lowest BCUT2D eigenvalue weighted by Crippen LogP contribution is -2.23. The van der Waals surface area contributed by atoms with Crippen molar-refractivity contribution in [2.75, 3.05) is 0 Å². The number of benzene rings is 1. The van der Waals surface area contributed by atoms with Gasteiger partial charge in [-0.1, -0.05) is 0 Å². The highest BCUT2D eigenvalue weighted by Gasteiger charge is 2.13. The summed E-state index contributed by atoms with van der Waals surface area (Å²) < 4.78 is 0. The Bertz CT molecular complexity index is 663. The van der Waals surface area contributed by atoms with Crippen LogP contribution in [0.4, 0.5) is 5.69 Å². The van der Waals surface area contributed by atoms with Crippen LogP contribution in [0.1, 0.15) is 27.2 Å². The second-order valence-corrected chi connectivity index (χ2v) is 4.46. The molecule has 1 aromatic carbocycles. The molecule has 0 bridgehead atoms. The van der Waals surface area contributed by atoms with Crippen molar-refractivity contribution < 1.29 is 9.72 Å². The fourth-order valence-electron chi connectivity index (χ4n) is 1.83. The molecule has 7 heteroatoms. The summed E-state index contributed by atoms with van der Waals surface area (Å²) in [6, 6.07) is 4.30. The lowest BCUT2D eigenvalue weighted by atomic mass is 10.1. The van der Waals surface area contributed by atoms with Gasteiger partial charge in [-0.15, -0.1) is 0 Å². The Morgan fingerprint density at radius 3 is 2.75 bits per heavy atom. The summed E-state index contributed by atoms with van der Waals surface area (Å²) in [5, 5.41) is 20.1. The topological polar surface area (TPSA) is 101 Å². The molecule has 0 saturated carbocycles. The zero-order valence-electron chi connectivity index (χ0n) is 11.1. The maximum absolute atomic E-state index is 12.0. The molecule has 2 N–H and O–H groups in total. The molecule has 7 nitrogen and oxygen atoms in total. The van der Waals surface area contributed by atoms with Crippen LogP contribution >= 0.6 is 0 Å². The molecule has 0 aliphatic rings. The smallest absolute Gasteiger partial charge is 0.272 e. The van der Waals surface area contributed by atoms with Crippen molar-refractivity contribution in [2.45, 2.75) is 20.4 Å². The molecule has 20 heavy (non-hydrogen) atoms. The molecule has 0 unspecified atom stereocenters. The number of nitro benzene ring substituents is 1. The number of aromatic amines is 1. The van der Waals surface area contributed by atoms with Gasteiger partial charge in [-0.05, 0) is 26.0 Å². The quantitative estimate of drug-likeness (QED) is 0.656. The summed E-state index contributed by atoms with van der Waals surface area (Å²) in [4.78, 5) is 22.2. The van der Waals surface area contributed by atoms with E-state index in [-0.39, 0.29) is 11.6 Å². The first-order valence-corrected chi connectivity index (χ1v) is 6.01. The van der Waals surface area contributed by atoms with Gasteiger partial charge in [-0.3, -0.25) is 20.0 Å². The number of carbonyl (C=O) groups excluding carboxylic acids is 1. The molecule has 2 aromatic rings. The van der Waals surface area contributed by atoms with Crippen LogP contribution in [0.5, 0.6) is 0 Å². The molecule has 0 aliphatic carbocycles. The number of nitro groups is 1. The van der Waals surface area contributed by atoms with Gasteiger partial charge in [0, 0.05) is 35.0 Å². The van der Waals surface area contributed by atoms with Crippen LogP contribution in [0.25, 0.3) is 0 Å².